The van der Waals surface area contributed by atoms with Gasteiger partial charge in [0, 0.05) is 0 Å². The van der Waals surface area contributed by atoms with Crippen LogP contribution in [-0.2, 0) is 6.42 Å². The molecule has 1 unspecified atom stereocenters. The van der Waals surface area contributed by atoms with Gasteiger partial charge in [-0.05, 0) is 48.6 Å². The van der Waals surface area contributed by atoms with Crippen LogP contribution in [0.4, 0.5) is 0 Å². The zero-order valence-electron chi connectivity index (χ0n) is 11.1. The molecule has 0 saturated carbocycles. The third kappa shape index (κ3) is 2.52. The number of aromatic carboxylic acids is 1. The maximum Gasteiger partial charge on any atom is 0.335 e. The van der Waals surface area contributed by atoms with Gasteiger partial charge in [-0.2, -0.15) is 0 Å². The van der Waals surface area contributed by atoms with Gasteiger partial charge in [-0.1, -0.05) is 30.3 Å². The number of carboxylic acids is 1. The van der Waals surface area contributed by atoms with Crippen LogP contribution in [0.15, 0.2) is 48.5 Å². The van der Waals surface area contributed by atoms with Crippen molar-refractivity contribution >= 4 is 5.97 Å². The van der Waals surface area contributed by atoms with Crippen LogP contribution >= 0.6 is 0 Å². The Morgan fingerprint density at radius 3 is 2.85 bits per heavy atom. The number of rotatable bonds is 3. The molecule has 0 fully saturated rings. The molecule has 20 heavy (non-hydrogen) atoms. The lowest BCUT2D eigenvalue weighted by atomic mass is 9.89. The van der Waals surface area contributed by atoms with E-state index in [2.05, 4.69) is 12.1 Å². The number of aryl methyl sites for hydroxylation is 1. The van der Waals surface area contributed by atoms with Gasteiger partial charge in [0.05, 0.1) is 5.56 Å². The second kappa shape index (κ2) is 5.37. The highest BCUT2D eigenvalue weighted by atomic mass is 16.5. The molecular formula is C17H16O3. The van der Waals surface area contributed by atoms with Crippen LogP contribution in [0.1, 0.15) is 40.4 Å². The summed E-state index contributed by atoms with van der Waals surface area (Å²) in [4.78, 5) is 11.0. The minimum atomic E-state index is -0.931. The Labute approximate surface area is 117 Å². The van der Waals surface area contributed by atoms with E-state index in [9.17, 15) is 4.79 Å². The van der Waals surface area contributed by atoms with Crippen molar-refractivity contribution in [2.24, 2.45) is 0 Å². The van der Waals surface area contributed by atoms with Gasteiger partial charge in [-0.3, -0.25) is 0 Å². The van der Waals surface area contributed by atoms with Crippen molar-refractivity contribution in [2.75, 3.05) is 0 Å². The number of hydrogen-bond acceptors (Lipinski definition) is 2. The van der Waals surface area contributed by atoms with Crippen LogP contribution in [0.2, 0.25) is 0 Å². The molecule has 0 saturated heterocycles. The minimum Gasteiger partial charge on any atom is -0.486 e. The number of carbonyl (C=O) groups is 1. The first-order valence-corrected chi connectivity index (χ1v) is 6.82. The molecule has 0 spiro atoms. The van der Waals surface area contributed by atoms with Gasteiger partial charge in [0.15, 0.2) is 0 Å². The van der Waals surface area contributed by atoms with E-state index in [0.29, 0.717) is 5.75 Å². The van der Waals surface area contributed by atoms with E-state index >= 15 is 0 Å². The molecule has 0 aliphatic heterocycles. The van der Waals surface area contributed by atoms with Crippen LogP contribution in [-0.4, -0.2) is 11.1 Å². The predicted molar refractivity (Wildman–Crippen MR) is 76.2 cm³/mol. The van der Waals surface area contributed by atoms with Crippen molar-refractivity contribution in [3.8, 4) is 5.75 Å². The highest BCUT2D eigenvalue weighted by molar-refractivity contribution is 5.88. The normalized spacial score (nSPS) is 17.3. The van der Waals surface area contributed by atoms with Gasteiger partial charge in [-0.25, -0.2) is 4.79 Å². The second-order valence-electron chi connectivity index (χ2n) is 5.03. The van der Waals surface area contributed by atoms with Gasteiger partial charge >= 0.3 is 5.97 Å². The lowest BCUT2D eigenvalue weighted by Crippen LogP contribution is -2.15. The molecule has 3 nitrogen and oxygen atoms in total. The van der Waals surface area contributed by atoms with Crippen molar-refractivity contribution in [1.82, 2.24) is 0 Å². The summed E-state index contributed by atoms with van der Waals surface area (Å²) in [7, 11) is 0. The Morgan fingerprint density at radius 2 is 2.00 bits per heavy atom. The lowest BCUT2D eigenvalue weighted by Gasteiger charge is -2.26. The summed E-state index contributed by atoms with van der Waals surface area (Å²) >= 11 is 0. The first-order valence-electron chi connectivity index (χ1n) is 6.82. The summed E-state index contributed by atoms with van der Waals surface area (Å²) < 4.78 is 6.01. The molecule has 1 aliphatic rings. The molecule has 1 atom stereocenters. The van der Waals surface area contributed by atoms with Crippen LogP contribution in [0.3, 0.4) is 0 Å². The van der Waals surface area contributed by atoms with E-state index in [-0.39, 0.29) is 11.7 Å². The quantitative estimate of drug-likeness (QED) is 0.920. The third-order valence-corrected chi connectivity index (χ3v) is 3.67. The number of hydrogen-bond donors (Lipinski definition) is 1. The fraction of sp³-hybridized carbons (Fsp3) is 0.235. The average Bonchev–Trinajstić information content (AvgIpc) is 2.48. The molecule has 0 bridgehead atoms. The van der Waals surface area contributed by atoms with E-state index in [1.54, 1.807) is 18.2 Å². The fourth-order valence-corrected chi connectivity index (χ4v) is 2.70. The molecule has 102 valence electrons. The van der Waals surface area contributed by atoms with Crippen molar-refractivity contribution < 1.29 is 14.6 Å². The highest BCUT2D eigenvalue weighted by Crippen LogP contribution is 2.33. The summed E-state index contributed by atoms with van der Waals surface area (Å²) in [5, 5.41) is 9.02. The van der Waals surface area contributed by atoms with Gasteiger partial charge in [0.1, 0.15) is 11.9 Å². The Bertz CT molecular complexity index is 634. The van der Waals surface area contributed by atoms with Crippen molar-refractivity contribution in [3.05, 3.63) is 65.2 Å². The first kappa shape index (κ1) is 12.7. The number of benzene rings is 2. The van der Waals surface area contributed by atoms with Gasteiger partial charge in [0.2, 0.25) is 0 Å². The largest absolute Gasteiger partial charge is 0.486 e. The molecule has 1 aliphatic carbocycles. The van der Waals surface area contributed by atoms with Gasteiger partial charge in [0.25, 0.3) is 0 Å². The summed E-state index contributed by atoms with van der Waals surface area (Å²) in [5.74, 6) is -0.314. The second-order valence-corrected chi connectivity index (χ2v) is 5.03. The topological polar surface area (TPSA) is 46.5 Å². The summed E-state index contributed by atoms with van der Waals surface area (Å²) in [5.41, 5.74) is 2.81. The van der Waals surface area contributed by atoms with Crippen molar-refractivity contribution in [3.63, 3.8) is 0 Å². The maximum atomic E-state index is 11.0. The third-order valence-electron chi connectivity index (χ3n) is 3.67. The predicted octanol–water partition coefficient (Wildman–Crippen LogP) is 3.84. The van der Waals surface area contributed by atoms with Crippen LogP contribution in [0, 0.1) is 0 Å². The number of carboxylic acid groups (broad SMARTS) is 1. The van der Waals surface area contributed by atoms with E-state index in [0.717, 1.165) is 19.3 Å². The minimum absolute atomic E-state index is 0.0176. The maximum absolute atomic E-state index is 11.0. The Balaban J connectivity index is 1.85. The van der Waals surface area contributed by atoms with E-state index < -0.39 is 5.97 Å². The first-order chi connectivity index (χ1) is 9.74. The average molecular weight is 268 g/mol. The van der Waals surface area contributed by atoms with Crippen molar-refractivity contribution in [2.45, 2.75) is 25.4 Å². The standard InChI is InChI=1S/C17H16O3/c18-17(19)13-7-3-8-14(11-13)20-16-10-4-6-12-5-1-2-9-15(12)16/h1-3,5,7-9,11,16H,4,6,10H2,(H,18,19). The Kier molecular flexibility index (Phi) is 3.42. The molecule has 0 radical (unpaired) electrons. The van der Waals surface area contributed by atoms with Crippen LogP contribution < -0.4 is 4.74 Å². The zero-order valence-corrected chi connectivity index (χ0v) is 11.1. The van der Waals surface area contributed by atoms with E-state index in [1.807, 2.05) is 18.2 Å². The zero-order chi connectivity index (χ0) is 13.9. The van der Waals surface area contributed by atoms with E-state index in [4.69, 9.17) is 9.84 Å². The van der Waals surface area contributed by atoms with Crippen molar-refractivity contribution in [1.29, 1.82) is 0 Å². The molecule has 2 aromatic rings. The van der Waals surface area contributed by atoms with Gasteiger partial charge in [-0.15, -0.1) is 0 Å². The van der Waals surface area contributed by atoms with E-state index in [1.165, 1.54) is 11.1 Å². The van der Waals surface area contributed by atoms with Crippen LogP contribution in [0.5, 0.6) is 5.75 Å². The number of ether oxygens (including phenoxy) is 1. The Morgan fingerprint density at radius 1 is 1.15 bits per heavy atom. The highest BCUT2D eigenvalue weighted by Gasteiger charge is 2.21. The molecule has 0 heterocycles. The molecule has 3 heteroatoms. The Hall–Kier alpha value is -2.29. The summed E-state index contributed by atoms with van der Waals surface area (Å²) in [6.07, 6.45) is 3.17. The van der Waals surface area contributed by atoms with Crippen LogP contribution in [0.25, 0.3) is 0 Å². The molecule has 3 rings (SSSR count). The SMILES string of the molecule is O=C(O)c1cccc(OC2CCCc3ccccc32)c1. The lowest BCUT2D eigenvalue weighted by molar-refractivity contribution is 0.0696. The molecule has 0 amide bonds. The summed E-state index contributed by atoms with van der Waals surface area (Å²) in [6.45, 7) is 0. The fourth-order valence-electron chi connectivity index (χ4n) is 2.70. The summed E-state index contributed by atoms with van der Waals surface area (Å²) in [6, 6.07) is 15.0. The molecule has 1 N–H and O–H groups in total. The molecule has 2 aromatic carbocycles. The smallest absolute Gasteiger partial charge is 0.335 e. The number of fused-ring (bicyclic) bond motifs is 1. The monoisotopic (exact) mass is 268 g/mol. The molecule has 0 aromatic heterocycles. The molecular weight excluding hydrogens is 252 g/mol. The van der Waals surface area contributed by atoms with Gasteiger partial charge < -0.3 is 9.84 Å².